The molecule has 4 nitrogen and oxygen atoms in total. The average molecular weight is 763 g/mol. The highest BCUT2D eigenvalue weighted by molar-refractivity contribution is 6.11. The number of nitrogens with zero attached hydrogens (tertiary/aromatic N) is 4. The molecular weight excluding hydrogens is 729 g/mol. The number of aromatic nitrogens is 4. The van der Waals surface area contributed by atoms with E-state index < -0.39 is 0 Å². The van der Waals surface area contributed by atoms with Crippen LogP contribution in [-0.4, -0.2) is 19.9 Å². The second-order valence-electron chi connectivity index (χ2n) is 15.4. The van der Waals surface area contributed by atoms with Gasteiger partial charge in [-0.2, -0.15) is 0 Å². The third-order valence-corrected chi connectivity index (χ3v) is 11.8. The maximum Gasteiger partial charge on any atom is 0.160 e. The Labute approximate surface area is 346 Å². The van der Waals surface area contributed by atoms with E-state index in [4.69, 9.17) is 19.9 Å². The van der Waals surface area contributed by atoms with Crippen molar-refractivity contribution < 1.29 is 0 Å². The summed E-state index contributed by atoms with van der Waals surface area (Å²) in [7, 11) is 0. The van der Waals surface area contributed by atoms with Gasteiger partial charge in [0, 0.05) is 43.8 Å². The molecule has 0 aliphatic carbocycles. The first-order valence-corrected chi connectivity index (χ1v) is 20.3. The summed E-state index contributed by atoms with van der Waals surface area (Å²) >= 11 is 0. The van der Waals surface area contributed by atoms with E-state index in [1.54, 1.807) is 0 Å². The minimum Gasteiger partial charge on any atom is -0.227 e. The largest absolute Gasteiger partial charge is 0.227 e. The van der Waals surface area contributed by atoms with Crippen molar-refractivity contribution in [2.24, 2.45) is 0 Å². The van der Waals surface area contributed by atoms with Gasteiger partial charge in [-0.3, -0.25) is 0 Å². The Hall–Kier alpha value is -8.08. The minimum absolute atomic E-state index is 0.701. The first-order valence-electron chi connectivity index (χ1n) is 20.3. The van der Waals surface area contributed by atoms with E-state index in [9.17, 15) is 0 Å². The van der Waals surface area contributed by atoms with Crippen LogP contribution in [0.4, 0.5) is 0 Å². The number of hydrogen-bond acceptors (Lipinski definition) is 4. The van der Waals surface area contributed by atoms with Crippen LogP contribution in [0.25, 0.3) is 121 Å². The second-order valence-corrected chi connectivity index (χ2v) is 15.4. The van der Waals surface area contributed by atoms with Gasteiger partial charge in [0.25, 0.3) is 0 Å². The molecule has 0 amide bonds. The molecular formula is C56H34N4. The van der Waals surface area contributed by atoms with E-state index in [2.05, 4.69) is 206 Å². The standard InChI is InChI=1S/C56H34N4/c1-3-13-43-33-45(27-21-35(43)9-1)51-49-31-29-39-11-5-7-15-47(39)53(49)59-55(57-51)41-23-17-37(18-24-41)38-19-25-42(26-20-38)56-58-52(46-28-22-36-10-2-4-14-44(36)34-46)50-32-30-40-12-6-8-16-48(40)54(50)60-56/h1-34H. The molecule has 4 heteroatoms. The van der Waals surface area contributed by atoms with Crippen LogP contribution in [0.2, 0.25) is 0 Å². The molecule has 0 saturated heterocycles. The predicted molar refractivity (Wildman–Crippen MR) is 250 cm³/mol. The molecule has 2 aromatic heterocycles. The molecule has 0 saturated carbocycles. The summed E-state index contributed by atoms with van der Waals surface area (Å²) in [4.78, 5) is 21.0. The van der Waals surface area contributed by atoms with Gasteiger partial charge in [-0.15, -0.1) is 0 Å². The minimum atomic E-state index is 0.701. The van der Waals surface area contributed by atoms with E-state index in [0.29, 0.717) is 11.6 Å². The maximum atomic E-state index is 5.26. The Balaban J connectivity index is 0.928. The Kier molecular flexibility index (Phi) is 7.82. The number of hydrogen-bond donors (Lipinski definition) is 0. The van der Waals surface area contributed by atoms with Crippen molar-refractivity contribution in [2.45, 2.75) is 0 Å². The molecule has 0 spiro atoms. The number of benzene rings is 10. The second kappa shape index (κ2) is 13.8. The molecule has 12 rings (SSSR count). The van der Waals surface area contributed by atoms with Crippen LogP contribution >= 0.6 is 0 Å². The van der Waals surface area contributed by atoms with Crippen LogP contribution in [0.3, 0.4) is 0 Å². The van der Waals surface area contributed by atoms with Gasteiger partial charge >= 0.3 is 0 Å². The molecule has 0 atom stereocenters. The Morgan fingerprint density at radius 1 is 0.217 bits per heavy atom. The van der Waals surface area contributed by atoms with Gasteiger partial charge in [0.05, 0.1) is 22.4 Å². The molecule has 278 valence electrons. The molecule has 0 fully saturated rings. The zero-order valence-electron chi connectivity index (χ0n) is 32.4. The monoisotopic (exact) mass is 762 g/mol. The normalized spacial score (nSPS) is 11.7. The van der Waals surface area contributed by atoms with E-state index in [1.165, 1.54) is 21.5 Å². The number of rotatable bonds is 5. The summed E-state index contributed by atoms with van der Waals surface area (Å²) in [5.74, 6) is 1.40. The molecule has 0 N–H and O–H groups in total. The van der Waals surface area contributed by atoms with Crippen molar-refractivity contribution >= 4 is 64.9 Å². The van der Waals surface area contributed by atoms with Crippen molar-refractivity contribution in [3.05, 3.63) is 206 Å². The average Bonchev–Trinajstić information content (AvgIpc) is 3.33. The van der Waals surface area contributed by atoms with Crippen LogP contribution in [0, 0.1) is 0 Å². The fraction of sp³-hybridized carbons (Fsp3) is 0. The zero-order valence-corrected chi connectivity index (χ0v) is 32.4. The lowest BCUT2D eigenvalue weighted by Crippen LogP contribution is -1.96. The Morgan fingerprint density at radius 2 is 0.550 bits per heavy atom. The fourth-order valence-corrected chi connectivity index (χ4v) is 8.72. The lowest BCUT2D eigenvalue weighted by molar-refractivity contribution is 1.23. The molecule has 0 unspecified atom stereocenters. The van der Waals surface area contributed by atoms with Gasteiger partial charge in [0.2, 0.25) is 0 Å². The van der Waals surface area contributed by atoms with Crippen molar-refractivity contribution in [1.82, 2.24) is 19.9 Å². The summed E-state index contributed by atoms with van der Waals surface area (Å²) in [5.41, 5.74) is 10.0. The molecule has 0 aliphatic heterocycles. The molecule has 2 heterocycles. The zero-order chi connectivity index (χ0) is 39.6. The molecule has 0 aliphatic rings. The van der Waals surface area contributed by atoms with Crippen LogP contribution in [0.5, 0.6) is 0 Å². The Morgan fingerprint density at radius 3 is 0.983 bits per heavy atom. The summed E-state index contributed by atoms with van der Waals surface area (Å²) < 4.78 is 0. The highest BCUT2D eigenvalue weighted by Gasteiger charge is 2.17. The van der Waals surface area contributed by atoms with Gasteiger partial charge in [0.15, 0.2) is 11.6 Å². The first kappa shape index (κ1) is 34.0. The SMILES string of the molecule is c1ccc2cc(-c3nc(-c4ccc(-c5ccc(-c6nc(-c7ccc8ccccc8c7)c7ccc8ccccc8c7n6)cc5)cc4)nc4c3ccc3ccccc34)ccc2c1. The predicted octanol–water partition coefficient (Wildman–Crippen LogP) is 14.5. The van der Waals surface area contributed by atoms with E-state index in [0.717, 1.165) is 88.1 Å². The van der Waals surface area contributed by atoms with E-state index in [-0.39, 0.29) is 0 Å². The van der Waals surface area contributed by atoms with Gasteiger partial charge in [0.1, 0.15) is 0 Å². The van der Waals surface area contributed by atoms with Gasteiger partial charge in [-0.05, 0) is 67.7 Å². The number of fused-ring (bicyclic) bond motifs is 8. The molecule has 0 radical (unpaired) electrons. The van der Waals surface area contributed by atoms with Crippen molar-refractivity contribution in [2.75, 3.05) is 0 Å². The third-order valence-electron chi connectivity index (χ3n) is 11.8. The fourth-order valence-electron chi connectivity index (χ4n) is 8.72. The summed E-state index contributed by atoms with van der Waals surface area (Å²) in [6.07, 6.45) is 0. The van der Waals surface area contributed by atoms with Gasteiger partial charge in [-0.1, -0.05) is 182 Å². The summed E-state index contributed by atoms with van der Waals surface area (Å²) in [6.45, 7) is 0. The first-order chi connectivity index (χ1) is 29.7. The van der Waals surface area contributed by atoms with Crippen LogP contribution in [0.15, 0.2) is 206 Å². The molecule has 10 aromatic carbocycles. The Bertz CT molecular complexity index is 3400. The third kappa shape index (κ3) is 5.77. The quantitative estimate of drug-likeness (QED) is 0.164. The van der Waals surface area contributed by atoms with Gasteiger partial charge < -0.3 is 0 Å². The maximum absolute atomic E-state index is 5.26. The van der Waals surface area contributed by atoms with Crippen LogP contribution in [-0.2, 0) is 0 Å². The van der Waals surface area contributed by atoms with Gasteiger partial charge in [-0.25, -0.2) is 19.9 Å². The van der Waals surface area contributed by atoms with E-state index in [1.807, 2.05) is 0 Å². The van der Waals surface area contributed by atoms with Crippen LogP contribution in [0.1, 0.15) is 0 Å². The summed E-state index contributed by atoms with van der Waals surface area (Å²) in [5, 5.41) is 11.4. The van der Waals surface area contributed by atoms with Crippen molar-refractivity contribution in [1.29, 1.82) is 0 Å². The topological polar surface area (TPSA) is 51.6 Å². The van der Waals surface area contributed by atoms with Crippen molar-refractivity contribution in [3.63, 3.8) is 0 Å². The smallest absolute Gasteiger partial charge is 0.160 e. The highest BCUT2D eigenvalue weighted by atomic mass is 14.9. The molecule has 12 aromatic rings. The molecule has 60 heavy (non-hydrogen) atoms. The highest BCUT2D eigenvalue weighted by Crippen LogP contribution is 2.37. The summed E-state index contributed by atoms with van der Waals surface area (Å²) in [6, 6.07) is 72.8. The lowest BCUT2D eigenvalue weighted by Gasteiger charge is -2.13. The lowest BCUT2D eigenvalue weighted by atomic mass is 9.98. The van der Waals surface area contributed by atoms with Crippen LogP contribution < -0.4 is 0 Å². The van der Waals surface area contributed by atoms with Crippen molar-refractivity contribution in [3.8, 4) is 56.4 Å². The van der Waals surface area contributed by atoms with E-state index >= 15 is 0 Å². The molecule has 0 bridgehead atoms.